The number of morpholine rings is 1. The van der Waals surface area contributed by atoms with Gasteiger partial charge in [-0.15, -0.1) is 0 Å². The van der Waals surface area contributed by atoms with Crippen LogP contribution in [0.15, 0.2) is 59.0 Å². The highest BCUT2D eigenvalue weighted by Crippen LogP contribution is 2.24. The average molecular weight is 456 g/mol. The number of rotatable bonds is 7. The fraction of sp³-hybridized carbons (Fsp3) is 0.320. The van der Waals surface area contributed by atoms with Crippen LogP contribution in [0.4, 0.5) is 14.5 Å². The van der Waals surface area contributed by atoms with Gasteiger partial charge >= 0.3 is 0 Å². The smallest absolute Gasteiger partial charge is 0.287 e. The molecule has 33 heavy (non-hydrogen) atoms. The Balaban J connectivity index is 1.30. The number of carbonyl (C=O) groups is 1. The van der Waals surface area contributed by atoms with Gasteiger partial charge < -0.3 is 24.1 Å². The molecule has 3 aromatic rings. The summed E-state index contributed by atoms with van der Waals surface area (Å²) in [5, 5.41) is 2.73. The topological polar surface area (TPSA) is 63.9 Å². The molecule has 2 unspecified atom stereocenters. The zero-order valence-electron chi connectivity index (χ0n) is 18.5. The van der Waals surface area contributed by atoms with Crippen LogP contribution in [0.1, 0.15) is 35.7 Å². The van der Waals surface area contributed by atoms with Crippen LogP contribution in [0.5, 0.6) is 5.75 Å². The molecule has 1 amide bonds. The summed E-state index contributed by atoms with van der Waals surface area (Å²) in [5.41, 5.74) is 1.18. The SMILES string of the molecule is CC1CN(c2ccc(CNC(=O)c3ccc(COc4ccc(F)cc4)o3)cc2F)CC(C)O1. The number of halogens is 2. The molecule has 174 valence electrons. The number of anilines is 1. The van der Waals surface area contributed by atoms with Crippen LogP contribution in [0.2, 0.25) is 0 Å². The second-order valence-corrected chi connectivity index (χ2v) is 8.14. The van der Waals surface area contributed by atoms with Crippen molar-refractivity contribution in [3.05, 3.63) is 83.3 Å². The summed E-state index contributed by atoms with van der Waals surface area (Å²) in [6.07, 6.45) is 0.0674. The Morgan fingerprint density at radius 2 is 1.79 bits per heavy atom. The maximum Gasteiger partial charge on any atom is 0.287 e. The Labute approximate surface area is 191 Å². The third-order valence-corrected chi connectivity index (χ3v) is 5.31. The van der Waals surface area contributed by atoms with Gasteiger partial charge in [0.05, 0.1) is 17.9 Å². The van der Waals surface area contributed by atoms with Gasteiger partial charge in [-0.3, -0.25) is 4.79 Å². The number of hydrogen-bond acceptors (Lipinski definition) is 5. The Bertz CT molecular complexity index is 1090. The molecule has 1 aliphatic rings. The lowest BCUT2D eigenvalue weighted by Gasteiger charge is -2.37. The molecule has 2 atom stereocenters. The Morgan fingerprint density at radius 1 is 1.06 bits per heavy atom. The Hall–Kier alpha value is -3.39. The summed E-state index contributed by atoms with van der Waals surface area (Å²) in [4.78, 5) is 14.4. The van der Waals surface area contributed by atoms with Crippen LogP contribution >= 0.6 is 0 Å². The fourth-order valence-electron chi connectivity index (χ4n) is 3.82. The monoisotopic (exact) mass is 456 g/mol. The first-order valence-electron chi connectivity index (χ1n) is 10.8. The lowest BCUT2D eigenvalue weighted by atomic mass is 10.1. The number of hydrogen-bond donors (Lipinski definition) is 1. The summed E-state index contributed by atoms with van der Waals surface area (Å²) < 4.78 is 44.4. The number of nitrogens with zero attached hydrogens (tertiary/aromatic N) is 1. The van der Waals surface area contributed by atoms with E-state index in [2.05, 4.69) is 5.32 Å². The van der Waals surface area contributed by atoms with Gasteiger partial charge in [0.25, 0.3) is 5.91 Å². The van der Waals surface area contributed by atoms with E-state index in [0.717, 1.165) is 0 Å². The van der Waals surface area contributed by atoms with Gasteiger partial charge in [0.1, 0.15) is 29.8 Å². The van der Waals surface area contributed by atoms with Gasteiger partial charge in [-0.25, -0.2) is 8.78 Å². The van der Waals surface area contributed by atoms with E-state index in [1.165, 1.54) is 30.3 Å². The van der Waals surface area contributed by atoms with Crippen LogP contribution < -0.4 is 15.0 Å². The van der Waals surface area contributed by atoms with E-state index < -0.39 is 5.91 Å². The largest absolute Gasteiger partial charge is 0.486 e. The predicted octanol–water partition coefficient (Wildman–Crippen LogP) is 4.68. The molecule has 0 spiro atoms. The molecule has 8 heteroatoms. The fourth-order valence-corrected chi connectivity index (χ4v) is 3.82. The number of benzene rings is 2. The van der Waals surface area contributed by atoms with Gasteiger partial charge in [-0.05, 0) is 67.9 Å². The minimum absolute atomic E-state index is 0.0337. The first-order valence-corrected chi connectivity index (χ1v) is 10.8. The van der Waals surface area contributed by atoms with Crippen LogP contribution in [-0.2, 0) is 17.9 Å². The molecule has 2 heterocycles. The summed E-state index contributed by atoms with van der Waals surface area (Å²) in [7, 11) is 0. The molecule has 1 saturated heterocycles. The number of furan rings is 1. The quantitative estimate of drug-likeness (QED) is 0.559. The number of ether oxygens (including phenoxy) is 2. The highest BCUT2D eigenvalue weighted by atomic mass is 19.1. The predicted molar refractivity (Wildman–Crippen MR) is 119 cm³/mol. The number of amides is 1. The maximum atomic E-state index is 14.7. The maximum absolute atomic E-state index is 14.7. The highest BCUT2D eigenvalue weighted by Gasteiger charge is 2.24. The molecule has 0 aliphatic carbocycles. The van der Waals surface area contributed by atoms with E-state index in [1.807, 2.05) is 18.7 Å². The third kappa shape index (κ3) is 5.90. The third-order valence-electron chi connectivity index (χ3n) is 5.31. The van der Waals surface area contributed by atoms with Crippen molar-refractivity contribution >= 4 is 11.6 Å². The lowest BCUT2D eigenvalue weighted by Crippen LogP contribution is -2.45. The number of carbonyl (C=O) groups excluding carboxylic acids is 1. The second kappa shape index (κ2) is 10.0. The van der Waals surface area contributed by atoms with E-state index >= 15 is 0 Å². The van der Waals surface area contributed by atoms with E-state index in [-0.39, 0.29) is 42.8 Å². The molecule has 1 fully saturated rings. The van der Waals surface area contributed by atoms with Crippen LogP contribution in [0.3, 0.4) is 0 Å². The first-order chi connectivity index (χ1) is 15.9. The van der Waals surface area contributed by atoms with Crippen molar-refractivity contribution in [3.8, 4) is 5.75 Å². The van der Waals surface area contributed by atoms with E-state index in [0.29, 0.717) is 35.9 Å². The van der Waals surface area contributed by atoms with Crippen LogP contribution in [0, 0.1) is 11.6 Å². The molecule has 1 aromatic heterocycles. The molecule has 4 rings (SSSR count). The molecule has 1 N–H and O–H groups in total. The zero-order chi connectivity index (χ0) is 23.4. The van der Waals surface area contributed by atoms with Gasteiger partial charge in [-0.2, -0.15) is 0 Å². The van der Waals surface area contributed by atoms with E-state index in [9.17, 15) is 13.6 Å². The van der Waals surface area contributed by atoms with Gasteiger partial charge in [0.2, 0.25) is 0 Å². The first kappa shape index (κ1) is 22.8. The minimum atomic E-state index is -0.414. The molecule has 1 aliphatic heterocycles. The summed E-state index contributed by atoms with van der Waals surface area (Å²) in [5.74, 6) is -0.0241. The van der Waals surface area contributed by atoms with E-state index in [4.69, 9.17) is 13.9 Å². The van der Waals surface area contributed by atoms with Crippen molar-refractivity contribution in [3.63, 3.8) is 0 Å². The molecule has 2 aromatic carbocycles. The van der Waals surface area contributed by atoms with Gasteiger partial charge in [-0.1, -0.05) is 6.07 Å². The van der Waals surface area contributed by atoms with Crippen molar-refractivity contribution < 1.29 is 27.5 Å². The van der Waals surface area contributed by atoms with Gasteiger partial charge in [0, 0.05) is 19.6 Å². The summed E-state index contributed by atoms with van der Waals surface area (Å²) >= 11 is 0. The van der Waals surface area contributed by atoms with Crippen LogP contribution in [0.25, 0.3) is 0 Å². The molecular formula is C25H26F2N2O4. The minimum Gasteiger partial charge on any atom is -0.486 e. The summed E-state index contributed by atoms with van der Waals surface area (Å²) in [6, 6.07) is 13.8. The molecule has 0 bridgehead atoms. The summed E-state index contributed by atoms with van der Waals surface area (Å²) in [6.45, 7) is 5.46. The van der Waals surface area contributed by atoms with Crippen molar-refractivity contribution in [2.24, 2.45) is 0 Å². The Morgan fingerprint density at radius 3 is 2.48 bits per heavy atom. The molecular weight excluding hydrogens is 430 g/mol. The standard InChI is InChI=1S/C25H26F2N2O4/c1-16-13-29(14-17(2)32-16)23-9-3-18(11-22(23)27)12-28-25(30)24-10-8-21(33-24)15-31-20-6-4-19(26)5-7-20/h3-11,16-17H,12-15H2,1-2H3,(H,28,30). The van der Waals surface area contributed by atoms with Gasteiger partial charge in [0.15, 0.2) is 5.76 Å². The van der Waals surface area contributed by atoms with Crippen molar-refractivity contribution in [2.75, 3.05) is 18.0 Å². The van der Waals surface area contributed by atoms with Crippen LogP contribution in [-0.4, -0.2) is 31.2 Å². The zero-order valence-corrected chi connectivity index (χ0v) is 18.5. The Kier molecular flexibility index (Phi) is 6.93. The second-order valence-electron chi connectivity index (χ2n) is 8.14. The molecule has 0 radical (unpaired) electrons. The molecule has 6 nitrogen and oxygen atoms in total. The van der Waals surface area contributed by atoms with Crippen molar-refractivity contribution in [2.45, 2.75) is 39.2 Å². The van der Waals surface area contributed by atoms with Crippen molar-refractivity contribution in [1.82, 2.24) is 5.32 Å². The average Bonchev–Trinajstić information content (AvgIpc) is 3.26. The lowest BCUT2D eigenvalue weighted by molar-refractivity contribution is -0.00539. The molecule has 0 saturated carbocycles. The van der Waals surface area contributed by atoms with Crippen molar-refractivity contribution in [1.29, 1.82) is 0 Å². The normalized spacial score (nSPS) is 18.2. The highest BCUT2D eigenvalue weighted by molar-refractivity contribution is 5.91. The number of nitrogens with one attached hydrogen (secondary N) is 1. The van der Waals surface area contributed by atoms with E-state index in [1.54, 1.807) is 24.3 Å².